The van der Waals surface area contributed by atoms with Gasteiger partial charge in [-0.05, 0) is 54.4 Å². The molecule has 0 aliphatic carbocycles. The van der Waals surface area contributed by atoms with E-state index in [0.717, 1.165) is 5.56 Å². The molecule has 0 saturated carbocycles. The highest BCUT2D eigenvalue weighted by Crippen LogP contribution is 2.33. The third-order valence-electron chi connectivity index (χ3n) is 5.24. The molecule has 1 heterocycles. The van der Waals surface area contributed by atoms with Crippen LogP contribution in [0.5, 0.6) is 11.5 Å². The molecule has 4 rings (SSSR count). The average molecular weight is 445 g/mol. The van der Waals surface area contributed by atoms with Crippen molar-refractivity contribution in [1.29, 1.82) is 0 Å². The van der Waals surface area contributed by atoms with Crippen molar-refractivity contribution in [1.82, 2.24) is 15.1 Å². The molecule has 3 aromatic carbocycles. The van der Waals surface area contributed by atoms with Crippen LogP contribution in [0, 0.1) is 5.82 Å². The van der Waals surface area contributed by atoms with E-state index in [-0.39, 0.29) is 11.7 Å². The van der Waals surface area contributed by atoms with Crippen LogP contribution < -0.4 is 14.8 Å². The van der Waals surface area contributed by atoms with E-state index in [2.05, 4.69) is 10.4 Å². The largest absolute Gasteiger partial charge is 0.497 e. The van der Waals surface area contributed by atoms with Gasteiger partial charge in [0, 0.05) is 18.2 Å². The minimum atomic E-state index is -0.364. The number of carbonyl (C=O) groups is 1. The monoisotopic (exact) mass is 445 g/mol. The molecule has 7 heteroatoms. The van der Waals surface area contributed by atoms with E-state index in [1.165, 1.54) is 16.8 Å². The molecule has 0 radical (unpaired) electrons. The molecule has 0 bridgehead atoms. The number of halogens is 1. The van der Waals surface area contributed by atoms with Crippen molar-refractivity contribution < 1.29 is 18.7 Å². The summed E-state index contributed by atoms with van der Waals surface area (Å²) in [5.41, 5.74) is 3.30. The number of benzene rings is 3. The van der Waals surface area contributed by atoms with Gasteiger partial charge in [-0.3, -0.25) is 4.79 Å². The Bertz CT molecular complexity index is 1240. The molecule has 0 fully saturated rings. The Balaban J connectivity index is 1.67. The van der Waals surface area contributed by atoms with E-state index in [1.54, 1.807) is 44.6 Å². The lowest BCUT2D eigenvalue weighted by molar-refractivity contribution is 0.0946. The van der Waals surface area contributed by atoms with Crippen LogP contribution in [0.25, 0.3) is 16.9 Å². The Labute approximate surface area is 191 Å². The van der Waals surface area contributed by atoms with Gasteiger partial charge in [0.1, 0.15) is 23.0 Å². The van der Waals surface area contributed by atoms with E-state index < -0.39 is 0 Å². The van der Waals surface area contributed by atoms with Crippen molar-refractivity contribution in [3.63, 3.8) is 0 Å². The molecule has 0 spiro atoms. The number of rotatable bonds is 8. The van der Waals surface area contributed by atoms with Gasteiger partial charge in [0.15, 0.2) is 0 Å². The summed E-state index contributed by atoms with van der Waals surface area (Å²) in [7, 11) is 3.14. The van der Waals surface area contributed by atoms with Gasteiger partial charge < -0.3 is 14.8 Å². The summed E-state index contributed by atoms with van der Waals surface area (Å²) in [4.78, 5) is 13.1. The molecule has 0 saturated heterocycles. The van der Waals surface area contributed by atoms with Crippen LogP contribution in [-0.4, -0.2) is 36.5 Å². The summed E-state index contributed by atoms with van der Waals surface area (Å²) in [5, 5.41) is 7.60. The van der Waals surface area contributed by atoms with Gasteiger partial charge in [0.2, 0.25) is 0 Å². The lowest BCUT2D eigenvalue weighted by atomic mass is 10.1. The number of hydrogen-bond donors (Lipinski definition) is 1. The zero-order valence-corrected chi connectivity index (χ0v) is 18.4. The van der Waals surface area contributed by atoms with E-state index in [0.29, 0.717) is 47.1 Å². The number of methoxy groups -OCH3 is 2. The lowest BCUT2D eigenvalue weighted by Crippen LogP contribution is -2.27. The molecule has 6 nitrogen and oxygen atoms in total. The number of amides is 1. The van der Waals surface area contributed by atoms with Gasteiger partial charge in [-0.15, -0.1) is 0 Å². The van der Waals surface area contributed by atoms with Crippen molar-refractivity contribution in [3.8, 4) is 28.4 Å². The minimum absolute atomic E-state index is 0.276. The van der Waals surface area contributed by atoms with Gasteiger partial charge in [0.05, 0.1) is 25.6 Å². The zero-order valence-electron chi connectivity index (χ0n) is 18.4. The predicted octanol–water partition coefficient (Wildman–Crippen LogP) is 4.67. The van der Waals surface area contributed by atoms with Crippen molar-refractivity contribution in [2.24, 2.45) is 0 Å². The third-order valence-corrected chi connectivity index (χ3v) is 5.24. The Kier molecular flexibility index (Phi) is 6.69. The summed E-state index contributed by atoms with van der Waals surface area (Å²) >= 11 is 0. The first-order valence-electron chi connectivity index (χ1n) is 10.5. The number of aromatic nitrogens is 2. The van der Waals surface area contributed by atoms with Crippen LogP contribution in [0.4, 0.5) is 4.39 Å². The predicted molar refractivity (Wildman–Crippen MR) is 125 cm³/mol. The fourth-order valence-electron chi connectivity index (χ4n) is 3.52. The SMILES string of the molecule is COc1ccc(-c2cc(C(=O)NCCc3ccccc3)n(-c3ccc(F)cc3)n2)c(OC)c1. The van der Waals surface area contributed by atoms with Gasteiger partial charge in [0.25, 0.3) is 5.91 Å². The number of nitrogens with one attached hydrogen (secondary N) is 1. The van der Waals surface area contributed by atoms with E-state index in [1.807, 2.05) is 36.4 Å². The first-order chi connectivity index (χ1) is 16.1. The molecule has 168 valence electrons. The lowest BCUT2D eigenvalue weighted by Gasteiger charge is -2.09. The fourth-order valence-corrected chi connectivity index (χ4v) is 3.52. The quantitative estimate of drug-likeness (QED) is 0.428. The van der Waals surface area contributed by atoms with Crippen LogP contribution in [0.3, 0.4) is 0 Å². The summed E-state index contributed by atoms with van der Waals surface area (Å²) in [6.07, 6.45) is 0.705. The summed E-state index contributed by atoms with van der Waals surface area (Å²) < 4.78 is 25.8. The molecule has 1 amide bonds. The Morgan fingerprint density at radius 2 is 1.73 bits per heavy atom. The number of ether oxygens (including phenoxy) is 2. The molecule has 4 aromatic rings. The normalized spacial score (nSPS) is 10.6. The Morgan fingerprint density at radius 3 is 2.42 bits per heavy atom. The number of hydrogen-bond acceptors (Lipinski definition) is 4. The smallest absolute Gasteiger partial charge is 0.270 e. The molecule has 1 aromatic heterocycles. The molecule has 0 aliphatic rings. The maximum Gasteiger partial charge on any atom is 0.270 e. The summed E-state index contributed by atoms with van der Waals surface area (Å²) in [5.74, 6) is 0.569. The van der Waals surface area contributed by atoms with E-state index in [9.17, 15) is 9.18 Å². The highest BCUT2D eigenvalue weighted by Gasteiger charge is 2.20. The van der Waals surface area contributed by atoms with Gasteiger partial charge in [-0.25, -0.2) is 9.07 Å². The van der Waals surface area contributed by atoms with E-state index in [4.69, 9.17) is 9.47 Å². The zero-order chi connectivity index (χ0) is 23.2. The summed E-state index contributed by atoms with van der Waals surface area (Å²) in [6, 6.07) is 22.8. The first kappa shape index (κ1) is 22.1. The van der Waals surface area contributed by atoms with Gasteiger partial charge in [-0.1, -0.05) is 30.3 Å². The van der Waals surface area contributed by atoms with Crippen molar-refractivity contribution >= 4 is 5.91 Å². The third kappa shape index (κ3) is 5.03. The molecule has 0 aliphatic heterocycles. The standard InChI is InChI=1S/C26H24FN3O3/c1-32-21-12-13-22(25(16-21)33-2)23-17-24(30(29-23)20-10-8-19(27)9-11-20)26(31)28-15-14-18-6-4-3-5-7-18/h3-13,16-17H,14-15H2,1-2H3,(H,28,31). The number of carbonyl (C=O) groups excluding carboxylic acids is 1. The maximum atomic E-state index is 13.5. The van der Waals surface area contributed by atoms with Gasteiger partial charge >= 0.3 is 0 Å². The van der Waals surface area contributed by atoms with Crippen LogP contribution in [-0.2, 0) is 6.42 Å². The average Bonchev–Trinajstić information content (AvgIpc) is 3.30. The molecule has 33 heavy (non-hydrogen) atoms. The van der Waals surface area contributed by atoms with Crippen LogP contribution in [0.2, 0.25) is 0 Å². The first-order valence-corrected chi connectivity index (χ1v) is 10.5. The Morgan fingerprint density at radius 1 is 0.970 bits per heavy atom. The second-order valence-corrected chi connectivity index (χ2v) is 7.36. The van der Waals surface area contributed by atoms with Gasteiger partial charge in [-0.2, -0.15) is 5.10 Å². The maximum absolute atomic E-state index is 13.5. The van der Waals surface area contributed by atoms with Crippen molar-refractivity contribution in [2.75, 3.05) is 20.8 Å². The molecular weight excluding hydrogens is 421 g/mol. The Hall–Kier alpha value is -4.13. The fraction of sp³-hybridized carbons (Fsp3) is 0.154. The minimum Gasteiger partial charge on any atom is -0.497 e. The second-order valence-electron chi connectivity index (χ2n) is 7.36. The highest BCUT2D eigenvalue weighted by molar-refractivity contribution is 5.94. The topological polar surface area (TPSA) is 65.4 Å². The molecule has 0 atom stereocenters. The van der Waals surface area contributed by atoms with Crippen LogP contribution in [0.1, 0.15) is 16.1 Å². The van der Waals surface area contributed by atoms with Crippen molar-refractivity contribution in [3.05, 3.63) is 95.9 Å². The molecule has 1 N–H and O–H groups in total. The van der Waals surface area contributed by atoms with Crippen LogP contribution >= 0.6 is 0 Å². The van der Waals surface area contributed by atoms with E-state index >= 15 is 0 Å². The molecule has 0 unspecified atom stereocenters. The number of nitrogens with zero attached hydrogens (tertiary/aromatic N) is 2. The molecular formula is C26H24FN3O3. The second kappa shape index (κ2) is 9.99. The van der Waals surface area contributed by atoms with Crippen LogP contribution in [0.15, 0.2) is 78.9 Å². The summed E-state index contributed by atoms with van der Waals surface area (Å²) in [6.45, 7) is 0.471. The van der Waals surface area contributed by atoms with Crippen molar-refractivity contribution in [2.45, 2.75) is 6.42 Å². The highest BCUT2D eigenvalue weighted by atomic mass is 19.1.